The number of thioether (sulfide) groups is 1. The highest BCUT2D eigenvalue weighted by Gasteiger charge is 2.11. The lowest BCUT2D eigenvalue weighted by Crippen LogP contribution is -2.00. The third kappa shape index (κ3) is 5.28. The van der Waals surface area contributed by atoms with Crippen molar-refractivity contribution in [2.75, 3.05) is 6.61 Å². The summed E-state index contributed by atoms with van der Waals surface area (Å²) in [6.45, 7) is 4.61. The smallest absolute Gasteiger partial charge is 0.212 e. The Labute approximate surface area is 178 Å². The first-order chi connectivity index (χ1) is 13.6. The summed E-state index contributed by atoms with van der Waals surface area (Å²) in [4.78, 5) is 0. The average Bonchev–Trinajstić information content (AvgIpc) is 3.04. The Morgan fingerprint density at radius 1 is 1.18 bits per heavy atom. The lowest BCUT2D eigenvalue weighted by Gasteiger charge is -2.08. The first-order valence-corrected chi connectivity index (χ1v) is 10.6. The summed E-state index contributed by atoms with van der Waals surface area (Å²) in [7, 11) is 0. The maximum atomic E-state index is 6.26. The fraction of sp³-hybridized carbons (Fsp3) is 0.250. The second-order valence-corrected chi connectivity index (χ2v) is 7.78. The molecule has 3 rings (SSSR count). The minimum Gasteiger partial charge on any atom is -0.493 e. The Morgan fingerprint density at radius 2 is 2.00 bits per heavy atom. The van der Waals surface area contributed by atoms with Gasteiger partial charge in [0.25, 0.3) is 0 Å². The highest BCUT2D eigenvalue weighted by Crippen LogP contribution is 2.28. The van der Waals surface area contributed by atoms with E-state index in [2.05, 4.69) is 22.2 Å². The maximum absolute atomic E-state index is 6.26. The molecule has 0 aliphatic heterocycles. The highest BCUT2D eigenvalue weighted by molar-refractivity contribution is 7.98. The van der Waals surface area contributed by atoms with Crippen LogP contribution < -0.4 is 4.74 Å². The standard InChI is InChI=1S/C20H20Cl2N4OS/c1-3-10-27-19-7-5-4-6-15(19)12-23-26-14(2)24-25-20(26)28-13-16-8-9-17(21)11-18(16)22/h4-9,11-12H,3,10,13H2,1-2H3/b23-12+. The van der Waals surface area contributed by atoms with E-state index in [0.29, 0.717) is 33.4 Å². The number of nitrogens with zero attached hydrogens (tertiary/aromatic N) is 4. The molecule has 0 radical (unpaired) electrons. The van der Waals surface area contributed by atoms with E-state index < -0.39 is 0 Å². The second-order valence-electron chi connectivity index (χ2n) is 6.00. The lowest BCUT2D eigenvalue weighted by molar-refractivity contribution is 0.317. The number of hydrogen-bond acceptors (Lipinski definition) is 5. The molecule has 0 aliphatic rings. The van der Waals surface area contributed by atoms with Crippen LogP contribution in [0.25, 0.3) is 0 Å². The van der Waals surface area contributed by atoms with Gasteiger partial charge in [-0.25, -0.2) is 0 Å². The molecule has 3 aromatic rings. The number of rotatable bonds is 8. The van der Waals surface area contributed by atoms with E-state index >= 15 is 0 Å². The zero-order chi connectivity index (χ0) is 19.9. The van der Waals surface area contributed by atoms with Crippen LogP contribution in [0.3, 0.4) is 0 Å². The molecule has 2 aromatic carbocycles. The van der Waals surface area contributed by atoms with Crippen molar-refractivity contribution in [3.05, 3.63) is 69.5 Å². The summed E-state index contributed by atoms with van der Waals surface area (Å²) in [5.74, 6) is 2.15. The maximum Gasteiger partial charge on any atom is 0.212 e. The van der Waals surface area contributed by atoms with Crippen molar-refractivity contribution in [2.45, 2.75) is 31.2 Å². The van der Waals surface area contributed by atoms with E-state index in [1.165, 1.54) is 11.8 Å². The highest BCUT2D eigenvalue weighted by atomic mass is 35.5. The molecule has 0 N–H and O–H groups in total. The molecular formula is C20H20Cl2N4OS. The number of aromatic nitrogens is 3. The fourth-order valence-electron chi connectivity index (χ4n) is 2.39. The van der Waals surface area contributed by atoms with Crippen molar-refractivity contribution in [3.8, 4) is 5.75 Å². The van der Waals surface area contributed by atoms with Crippen molar-refractivity contribution in [1.82, 2.24) is 14.9 Å². The fourth-order valence-corrected chi connectivity index (χ4v) is 3.88. The number of hydrogen-bond donors (Lipinski definition) is 0. The normalized spacial score (nSPS) is 11.3. The van der Waals surface area contributed by atoms with Gasteiger partial charge in [-0.05, 0) is 43.2 Å². The van der Waals surface area contributed by atoms with Gasteiger partial charge in [0.1, 0.15) is 5.75 Å². The summed E-state index contributed by atoms with van der Waals surface area (Å²) in [5.41, 5.74) is 1.88. The topological polar surface area (TPSA) is 52.3 Å². The molecule has 0 fully saturated rings. The predicted octanol–water partition coefficient (Wildman–Crippen LogP) is 5.86. The van der Waals surface area contributed by atoms with Crippen molar-refractivity contribution >= 4 is 41.2 Å². The quantitative estimate of drug-likeness (QED) is 0.329. The average molecular weight is 435 g/mol. The van der Waals surface area contributed by atoms with Crippen LogP contribution in [0.4, 0.5) is 0 Å². The van der Waals surface area contributed by atoms with Gasteiger partial charge in [0, 0.05) is 21.4 Å². The zero-order valence-electron chi connectivity index (χ0n) is 15.6. The number of ether oxygens (including phenoxy) is 1. The lowest BCUT2D eigenvalue weighted by atomic mass is 10.2. The van der Waals surface area contributed by atoms with Crippen molar-refractivity contribution in [1.29, 1.82) is 0 Å². The first-order valence-electron chi connectivity index (χ1n) is 8.83. The van der Waals surface area contributed by atoms with E-state index in [0.717, 1.165) is 23.3 Å². The molecule has 0 saturated carbocycles. The SMILES string of the molecule is CCCOc1ccccc1/C=N/n1c(C)nnc1SCc1ccc(Cl)cc1Cl. The molecule has 8 heteroatoms. The molecule has 0 unspecified atom stereocenters. The summed E-state index contributed by atoms with van der Waals surface area (Å²) in [6.07, 6.45) is 2.71. The van der Waals surface area contributed by atoms with Crippen molar-refractivity contribution in [3.63, 3.8) is 0 Å². The van der Waals surface area contributed by atoms with Crippen LogP contribution in [0.1, 0.15) is 30.3 Å². The van der Waals surface area contributed by atoms with Gasteiger partial charge in [-0.15, -0.1) is 10.2 Å². The molecule has 0 atom stereocenters. The molecule has 1 aromatic heterocycles. The van der Waals surface area contributed by atoms with E-state index in [-0.39, 0.29) is 0 Å². The molecular weight excluding hydrogens is 415 g/mol. The van der Waals surface area contributed by atoms with Crippen LogP contribution >= 0.6 is 35.0 Å². The number of aryl methyl sites for hydroxylation is 1. The molecule has 28 heavy (non-hydrogen) atoms. The van der Waals surface area contributed by atoms with Gasteiger partial charge >= 0.3 is 0 Å². The zero-order valence-corrected chi connectivity index (χ0v) is 17.9. The summed E-state index contributed by atoms with van der Waals surface area (Å²) in [6, 6.07) is 13.3. The second kappa shape index (κ2) is 9.96. The monoisotopic (exact) mass is 434 g/mol. The first kappa shape index (κ1) is 20.7. The molecule has 5 nitrogen and oxygen atoms in total. The number of halogens is 2. The molecule has 0 amide bonds. The summed E-state index contributed by atoms with van der Waals surface area (Å²) in [5, 5.41) is 14.9. The molecule has 0 saturated heterocycles. The van der Waals surface area contributed by atoms with E-state index in [4.69, 9.17) is 27.9 Å². The largest absolute Gasteiger partial charge is 0.493 e. The Kier molecular flexibility index (Phi) is 7.36. The molecule has 146 valence electrons. The van der Waals surface area contributed by atoms with Crippen LogP contribution in [0.5, 0.6) is 5.75 Å². The van der Waals surface area contributed by atoms with Gasteiger partial charge in [-0.3, -0.25) is 0 Å². The van der Waals surface area contributed by atoms with E-state index in [1.54, 1.807) is 17.0 Å². The summed E-state index contributed by atoms with van der Waals surface area (Å²) >= 11 is 13.7. The van der Waals surface area contributed by atoms with E-state index in [1.807, 2.05) is 43.3 Å². The predicted molar refractivity (Wildman–Crippen MR) is 116 cm³/mol. The van der Waals surface area contributed by atoms with Gasteiger partial charge in [-0.1, -0.05) is 60.1 Å². The Morgan fingerprint density at radius 3 is 2.79 bits per heavy atom. The van der Waals surface area contributed by atoms with Crippen LogP contribution in [0, 0.1) is 6.92 Å². The Balaban J connectivity index is 1.77. The third-order valence-electron chi connectivity index (χ3n) is 3.83. The van der Waals surface area contributed by atoms with Crippen molar-refractivity contribution in [2.24, 2.45) is 5.10 Å². The molecule has 0 aliphatic carbocycles. The minimum absolute atomic E-state index is 0.617. The van der Waals surface area contributed by atoms with Gasteiger partial charge < -0.3 is 4.74 Å². The Bertz CT molecular complexity index is 975. The number of para-hydroxylation sites is 1. The van der Waals surface area contributed by atoms with E-state index in [9.17, 15) is 0 Å². The minimum atomic E-state index is 0.617. The molecule has 0 bridgehead atoms. The molecule has 0 spiro atoms. The number of benzene rings is 2. The van der Waals surface area contributed by atoms with Crippen LogP contribution in [-0.2, 0) is 5.75 Å². The van der Waals surface area contributed by atoms with Crippen molar-refractivity contribution < 1.29 is 4.74 Å². The summed E-state index contributed by atoms with van der Waals surface area (Å²) < 4.78 is 7.50. The van der Waals surface area contributed by atoms with Crippen LogP contribution in [0.2, 0.25) is 10.0 Å². The van der Waals surface area contributed by atoms with Gasteiger partial charge in [0.05, 0.1) is 12.8 Å². The van der Waals surface area contributed by atoms with Gasteiger partial charge in [-0.2, -0.15) is 9.78 Å². The third-order valence-corrected chi connectivity index (χ3v) is 5.39. The van der Waals surface area contributed by atoms with Crippen LogP contribution in [0.15, 0.2) is 52.7 Å². The van der Waals surface area contributed by atoms with Gasteiger partial charge in [0.15, 0.2) is 5.82 Å². The van der Waals surface area contributed by atoms with Gasteiger partial charge in [0.2, 0.25) is 5.16 Å². The molecule has 1 heterocycles. The Hall–Kier alpha value is -2.02. The van der Waals surface area contributed by atoms with Crippen LogP contribution in [-0.4, -0.2) is 27.7 Å².